The van der Waals surface area contributed by atoms with Gasteiger partial charge in [0.25, 0.3) is 0 Å². The molecular weight excluding hydrogens is 507 g/mol. The van der Waals surface area contributed by atoms with E-state index >= 15 is 0 Å². The normalized spacial score (nSPS) is 12.5. The number of thioether (sulfide) groups is 1. The first kappa shape index (κ1) is 28.7. The summed E-state index contributed by atoms with van der Waals surface area (Å²) in [5.74, 6) is -0.0402. The molecule has 0 aliphatic rings. The Morgan fingerprint density at radius 3 is 2.35 bits per heavy atom. The Morgan fingerprint density at radius 1 is 1.00 bits per heavy atom. The lowest BCUT2D eigenvalue weighted by atomic mass is 10.0. The van der Waals surface area contributed by atoms with Gasteiger partial charge in [-0.15, -0.1) is 11.8 Å². The van der Waals surface area contributed by atoms with Gasteiger partial charge in [0.2, 0.25) is 11.8 Å². The van der Waals surface area contributed by atoms with E-state index in [0.29, 0.717) is 23.4 Å². The molecule has 0 spiro atoms. The van der Waals surface area contributed by atoms with Crippen LogP contribution in [0.3, 0.4) is 0 Å². The van der Waals surface area contributed by atoms with Crippen molar-refractivity contribution < 1.29 is 14.0 Å². The molecule has 0 radical (unpaired) electrons. The number of hydrogen-bond donors (Lipinski definition) is 1. The van der Waals surface area contributed by atoms with E-state index in [1.807, 2.05) is 68.4 Å². The minimum absolute atomic E-state index is 0.0290. The predicted molar refractivity (Wildman–Crippen MR) is 150 cm³/mol. The van der Waals surface area contributed by atoms with Crippen LogP contribution in [0.2, 0.25) is 5.02 Å². The monoisotopic (exact) mass is 540 g/mol. The van der Waals surface area contributed by atoms with Crippen LogP contribution in [0.25, 0.3) is 0 Å². The average Bonchev–Trinajstić information content (AvgIpc) is 2.91. The molecule has 3 aromatic carbocycles. The number of carbonyl (C=O) groups is 2. The van der Waals surface area contributed by atoms with Gasteiger partial charge in [-0.2, -0.15) is 0 Å². The highest BCUT2D eigenvalue weighted by Gasteiger charge is 2.31. The lowest BCUT2D eigenvalue weighted by Gasteiger charge is -2.32. The third kappa shape index (κ3) is 9.20. The summed E-state index contributed by atoms with van der Waals surface area (Å²) in [4.78, 5) is 29.7. The Labute approximate surface area is 228 Å². The van der Waals surface area contributed by atoms with Crippen molar-refractivity contribution >= 4 is 35.2 Å². The Hall–Kier alpha value is -2.83. The van der Waals surface area contributed by atoms with E-state index in [0.717, 1.165) is 22.6 Å². The van der Waals surface area contributed by atoms with Gasteiger partial charge in [-0.1, -0.05) is 67.1 Å². The van der Waals surface area contributed by atoms with Crippen LogP contribution in [0, 0.1) is 5.82 Å². The Kier molecular flexibility index (Phi) is 11.5. The van der Waals surface area contributed by atoms with Crippen molar-refractivity contribution in [2.24, 2.45) is 0 Å². The molecule has 0 bridgehead atoms. The average molecular weight is 541 g/mol. The Morgan fingerprint density at radius 2 is 1.68 bits per heavy atom. The van der Waals surface area contributed by atoms with E-state index in [9.17, 15) is 14.0 Å². The van der Waals surface area contributed by atoms with Crippen LogP contribution in [0.1, 0.15) is 44.2 Å². The number of halogens is 2. The maximum atomic E-state index is 14.6. The van der Waals surface area contributed by atoms with E-state index in [1.54, 1.807) is 34.9 Å². The fraction of sp³-hybridized carbons (Fsp3) is 0.333. The van der Waals surface area contributed by atoms with Crippen LogP contribution in [0.15, 0.2) is 83.8 Å². The smallest absolute Gasteiger partial charge is 0.243 e. The Balaban J connectivity index is 1.80. The number of hydrogen-bond acceptors (Lipinski definition) is 3. The van der Waals surface area contributed by atoms with E-state index in [2.05, 4.69) is 5.32 Å². The molecule has 0 aliphatic carbocycles. The molecule has 7 heteroatoms. The van der Waals surface area contributed by atoms with Crippen LogP contribution in [0.4, 0.5) is 4.39 Å². The summed E-state index contributed by atoms with van der Waals surface area (Å²) in [5, 5.41) is 3.72. The molecule has 2 amide bonds. The number of nitrogens with zero attached hydrogens (tertiary/aromatic N) is 1. The number of carbonyl (C=O) groups excluding carboxylic acids is 2. The molecule has 196 valence electrons. The van der Waals surface area contributed by atoms with E-state index in [4.69, 9.17) is 11.6 Å². The van der Waals surface area contributed by atoms with Gasteiger partial charge >= 0.3 is 0 Å². The van der Waals surface area contributed by atoms with Crippen molar-refractivity contribution in [3.05, 3.63) is 101 Å². The third-order valence-electron chi connectivity index (χ3n) is 6.19. The molecule has 0 heterocycles. The lowest BCUT2D eigenvalue weighted by molar-refractivity contribution is -0.141. The molecule has 0 aromatic heterocycles. The second-order valence-corrected chi connectivity index (χ2v) is 10.6. The molecule has 2 atom stereocenters. The second-order valence-electron chi connectivity index (χ2n) is 9.04. The quantitative estimate of drug-likeness (QED) is 0.189. The zero-order valence-electron chi connectivity index (χ0n) is 21.3. The highest BCUT2D eigenvalue weighted by atomic mass is 35.5. The van der Waals surface area contributed by atoms with Gasteiger partial charge in [0.05, 0.1) is 0 Å². The van der Waals surface area contributed by atoms with Gasteiger partial charge in [-0.05, 0) is 61.4 Å². The van der Waals surface area contributed by atoms with Crippen LogP contribution in [-0.4, -0.2) is 34.6 Å². The lowest BCUT2D eigenvalue weighted by Crippen LogP contribution is -2.52. The zero-order valence-corrected chi connectivity index (χ0v) is 22.9. The summed E-state index contributed by atoms with van der Waals surface area (Å²) in [6.45, 7) is 3.97. The maximum Gasteiger partial charge on any atom is 0.243 e. The van der Waals surface area contributed by atoms with Crippen molar-refractivity contribution in [1.29, 1.82) is 0 Å². The number of benzene rings is 3. The largest absolute Gasteiger partial charge is 0.352 e. The van der Waals surface area contributed by atoms with Crippen LogP contribution < -0.4 is 5.32 Å². The van der Waals surface area contributed by atoms with Gasteiger partial charge in [0.15, 0.2) is 0 Å². The van der Waals surface area contributed by atoms with E-state index in [-0.39, 0.29) is 36.6 Å². The van der Waals surface area contributed by atoms with Crippen LogP contribution in [0.5, 0.6) is 0 Å². The molecule has 4 nitrogen and oxygen atoms in total. The first-order valence-corrected chi connectivity index (χ1v) is 14.0. The fourth-order valence-corrected chi connectivity index (χ4v) is 4.87. The molecule has 37 heavy (non-hydrogen) atoms. The van der Waals surface area contributed by atoms with Crippen LogP contribution >= 0.6 is 23.4 Å². The minimum Gasteiger partial charge on any atom is -0.352 e. The molecule has 1 N–H and O–H groups in total. The number of nitrogens with one attached hydrogen (secondary N) is 1. The highest BCUT2D eigenvalue weighted by Crippen LogP contribution is 2.23. The molecule has 3 aromatic rings. The fourth-order valence-electron chi connectivity index (χ4n) is 3.89. The van der Waals surface area contributed by atoms with Gasteiger partial charge in [-0.3, -0.25) is 9.59 Å². The van der Waals surface area contributed by atoms with Gasteiger partial charge in [0.1, 0.15) is 11.9 Å². The van der Waals surface area contributed by atoms with E-state index < -0.39 is 6.04 Å². The molecule has 0 aliphatic heterocycles. The SMILES string of the molecule is CC[C@@H](C)NC(=O)[C@@H](Cc1ccccc1)N(Cc1ccccc1F)C(=O)CCCSc1ccc(Cl)cc1. The van der Waals surface area contributed by atoms with Crippen molar-refractivity contribution in [3.8, 4) is 0 Å². The standard InChI is InChI=1S/C30H34ClFN2O2S/c1-3-22(2)33-30(36)28(20-23-10-5-4-6-11-23)34(21-24-12-7-8-13-27(24)32)29(35)14-9-19-37-26-17-15-25(31)16-18-26/h4-8,10-13,15-18,22,28H,3,9,14,19-21H2,1-2H3,(H,33,36)/t22-,28-/m1/s1. The molecule has 0 fully saturated rings. The second kappa shape index (κ2) is 14.8. The molecule has 3 rings (SSSR count). The summed E-state index contributed by atoms with van der Waals surface area (Å²) >= 11 is 7.61. The topological polar surface area (TPSA) is 49.4 Å². The van der Waals surface area contributed by atoms with Gasteiger partial charge < -0.3 is 10.2 Å². The van der Waals surface area contributed by atoms with Gasteiger partial charge in [-0.25, -0.2) is 4.39 Å². The predicted octanol–water partition coefficient (Wildman–Crippen LogP) is 6.91. The first-order valence-electron chi connectivity index (χ1n) is 12.6. The Bertz CT molecular complexity index is 1140. The molecular formula is C30H34ClFN2O2S. The summed E-state index contributed by atoms with van der Waals surface area (Å²) in [7, 11) is 0. The highest BCUT2D eigenvalue weighted by molar-refractivity contribution is 7.99. The number of amides is 2. The van der Waals surface area contributed by atoms with Crippen molar-refractivity contribution in [1.82, 2.24) is 10.2 Å². The molecule has 0 unspecified atom stereocenters. The molecule has 0 saturated carbocycles. The maximum absolute atomic E-state index is 14.6. The first-order chi connectivity index (χ1) is 17.9. The van der Waals surface area contributed by atoms with Gasteiger partial charge in [0, 0.05) is 40.9 Å². The summed E-state index contributed by atoms with van der Waals surface area (Å²) in [6, 6.07) is 22.8. The van der Waals surface area contributed by atoms with Crippen molar-refractivity contribution in [2.45, 2.75) is 63.1 Å². The summed E-state index contributed by atoms with van der Waals surface area (Å²) in [6.07, 6.45) is 2.01. The van der Waals surface area contributed by atoms with E-state index in [1.165, 1.54) is 6.07 Å². The third-order valence-corrected chi connectivity index (χ3v) is 7.54. The zero-order chi connectivity index (χ0) is 26.6. The molecule has 0 saturated heterocycles. The van der Waals surface area contributed by atoms with Crippen molar-refractivity contribution in [2.75, 3.05) is 5.75 Å². The minimum atomic E-state index is -0.757. The summed E-state index contributed by atoms with van der Waals surface area (Å²) < 4.78 is 14.6. The number of rotatable bonds is 13. The van der Waals surface area contributed by atoms with Crippen LogP contribution in [-0.2, 0) is 22.6 Å². The van der Waals surface area contributed by atoms with Crippen molar-refractivity contribution in [3.63, 3.8) is 0 Å². The summed E-state index contributed by atoms with van der Waals surface area (Å²) in [5.41, 5.74) is 1.33.